The van der Waals surface area contributed by atoms with Crippen molar-refractivity contribution in [2.75, 3.05) is 26.2 Å². The van der Waals surface area contributed by atoms with Gasteiger partial charge in [0.2, 0.25) is 5.91 Å². The summed E-state index contributed by atoms with van der Waals surface area (Å²) in [6.07, 6.45) is 0. The van der Waals surface area contributed by atoms with Crippen LogP contribution in [0.5, 0.6) is 0 Å². The Labute approximate surface area is 116 Å². The quantitative estimate of drug-likeness (QED) is 0.841. The molecule has 1 saturated heterocycles. The minimum Gasteiger partial charge on any atom is -0.481 e. The van der Waals surface area contributed by atoms with Gasteiger partial charge in [-0.2, -0.15) is 11.3 Å². The molecule has 0 spiro atoms. The first kappa shape index (κ1) is 14.0. The van der Waals surface area contributed by atoms with Crippen LogP contribution in [-0.4, -0.2) is 53.0 Å². The van der Waals surface area contributed by atoms with Gasteiger partial charge in [0.25, 0.3) is 0 Å². The number of carbonyl (C=O) groups is 2. The van der Waals surface area contributed by atoms with Crippen molar-refractivity contribution < 1.29 is 14.7 Å². The molecule has 104 valence electrons. The summed E-state index contributed by atoms with van der Waals surface area (Å²) in [6, 6.07) is 2.11. The SMILES string of the molecule is CC(C(=O)O)C(=O)N1CCN(Cc2ccsc2)CC1. The Bertz CT molecular complexity index is 439. The van der Waals surface area contributed by atoms with Gasteiger partial charge in [-0.3, -0.25) is 14.5 Å². The lowest BCUT2D eigenvalue weighted by atomic mass is 10.1. The summed E-state index contributed by atoms with van der Waals surface area (Å²) in [6.45, 7) is 5.17. The third-order valence-electron chi connectivity index (χ3n) is 3.41. The molecule has 1 fully saturated rings. The predicted molar refractivity (Wildman–Crippen MR) is 73.0 cm³/mol. The third-order valence-corrected chi connectivity index (χ3v) is 4.14. The lowest BCUT2D eigenvalue weighted by Gasteiger charge is -2.35. The van der Waals surface area contributed by atoms with Gasteiger partial charge >= 0.3 is 5.97 Å². The number of hydrogen-bond donors (Lipinski definition) is 1. The molecule has 0 aromatic carbocycles. The normalized spacial score (nSPS) is 18.3. The molecule has 1 atom stereocenters. The van der Waals surface area contributed by atoms with Crippen LogP contribution in [0.4, 0.5) is 0 Å². The number of amides is 1. The topological polar surface area (TPSA) is 60.9 Å². The standard InChI is InChI=1S/C13H18N2O3S/c1-10(13(17)18)12(16)15-5-3-14(4-6-15)8-11-2-7-19-9-11/h2,7,9-10H,3-6,8H2,1H3,(H,17,18). The van der Waals surface area contributed by atoms with Gasteiger partial charge in [0.15, 0.2) is 0 Å². The molecule has 1 aliphatic rings. The molecule has 5 nitrogen and oxygen atoms in total. The maximum Gasteiger partial charge on any atom is 0.315 e. The molecule has 2 heterocycles. The average molecular weight is 282 g/mol. The van der Waals surface area contributed by atoms with E-state index in [0.717, 1.165) is 19.6 Å². The first-order valence-corrected chi connectivity index (χ1v) is 7.27. The van der Waals surface area contributed by atoms with Crippen molar-refractivity contribution in [3.05, 3.63) is 22.4 Å². The van der Waals surface area contributed by atoms with Crippen molar-refractivity contribution in [2.45, 2.75) is 13.5 Å². The largest absolute Gasteiger partial charge is 0.481 e. The number of carboxylic acids is 1. The van der Waals surface area contributed by atoms with E-state index >= 15 is 0 Å². The molecule has 1 amide bonds. The van der Waals surface area contributed by atoms with Gasteiger partial charge in [-0.05, 0) is 29.3 Å². The highest BCUT2D eigenvalue weighted by atomic mass is 32.1. The monoisotopic (exact) mass is 282 g/mol. The molecule has 1 aromatic heterocycles. The van der Waals surface area contributed by atoms with E-state index in [1.165, 1.54) is 12.5 Å². The number of nitrogens with zero attached hydrogens (tertiary/aromatic N) is 2. The molecule has 0 aliphatic carbocycles. The maximum atomic E-state index is 11.9. The van der Waals surface area contributed by atoms with Crippen LogP contribution in [0.15, 0.2) is 16.8 Å². The van der Waals surface area contributed by atoms with E-state index in [9.17, 15) is 9.59 Å². The molecule has 1 aliphatic heterocycles. The van der Waals surface area contributed by atoms with Crippen LogP contribution in [-0.2, 0) is 16.1 Å². The zero-order chi connectivity index (χ0) is 13.8. The minimum atomic E-state index is -1.05. The van der Waals surface area contributed by atoms with Gasteiger partial charge in [-0.1, -0.05) is 0 Å². The Morgan fingerprint density at radius 2 is 2.05 bits per heavy atom. The molecule has 1 unspecified atom stereocenters. The van der Waals surface area contributed by atoms with Crippen LogP contribution in [0.3, 0.4) is 0 Å². The molecular weight excluding hydrogens is 264 g/mol. The molecule has 6 heteroatoms. The number of aliphatic carboxylic acids is 1. The first-order chi connectivity index (χ1) is 9.08. The van der Waals surface area contributed by atoms with Crippen molar-refractivity contribution in [3.8, 4) is 0 Å². The van der Waals surface area contributed by atoms with Gasteiger partial charge in [0.1, 0.15) is 5.92 Å². The Hall–Kier alpha value is -1.40. The maximum absolute atomic E-state index is 11.9. The van der Waals surface area contributed by atoms with E-state index in [0.29, 0.717) is 13.1 Å². The number of carboxylic acid groups (broad SMARTS) is 1. The third kappa shape index (κ3) is 3.54. The van der Waals surface area contributed by atoms with Crippen molar-refractivity contribution in [3.63, 3.8) is 0 Å². The number of thiophene rings is 1. The van der Waals surface area contributed by atoms with Gasteiger partial charge in [0, 0.05) is 32.7 Å². The van der Waals surface area contributed by atoms with Crippen LogP contribution in [0.2, 0.25) is 0 Å². The molecular formula is C13H18N2O3S. The fourth-order valence-electron chi connectivity index (χ4n) is 2.15. The van der Waals surface area contributed by atoms with Crippen LogP contribution < -0.4 is 0 Å². The summed E-state index contributed by atoms with van der Waals surface area (Å²) in [5.74, 6) is -2.27. The zero-order valence-electron chi connectivity index (χ0n) is 10.9. The van der Waals surface area contributed by atoms with Crippen molar-refractivity contribution >= 4 is 23.2 Å². The summed E-state index contributed by atoms with van der Waals surface area (Å²) < 4.78 is 0. The summed E-state index contributed by atoms with van der Waals surface area (Å²) in [5.41, 5.74) is 1.30. The Balaban J connectivity index is 1.82. The fourth-order valence-corrected chi connectivity index (χ4v) is 2.81. The Kier molecular flexibility index (Phi) is 4.55. The van der Waals surface area contributed by atoms with Crippen LogP contribution in [0.1, 0.15) is 12.5 Å². The molecule has 0 saturated carbocycles. The van der Waals surface area contributed by atoms with Gasteiger partial charge < -0.3 is 10.0 Å². The van der Waals surface area contributed by atoms with Crippen molar-refractivity contribution in [2.24, 2.45) is 5.92 Å². The zero-order valence-corrected chi connectivity index (χ0v) is 11.7. The molecule has 0 bridgehead atoms. The summed E-state index contributed by atoms with van der Waals surface area (Å²) in [5, 5.41) is 13.0. The molecule has 0 radical (unpaired) electrons. The highest BCUT2D eigenvalue weighted by molar-refractivity contribution is 7.07. The number of carbonyl (C=O) groups excluding carboxylic acids is 1. The van der Waals surface area contributed by atoms with Crippen molar-refractivity contribution in [1.29, 1.82) is 0 Å². The molecule has 19 heavy (non-hydrogen) atoms. The molecule has 1 N–H and O–H groups in total. The van der Waals surface area contributed by atoms with Crippen LogP contribution >= 0.6 is 11.3 Å². The summed E-state index contributed by atoms with van der Waals surface area (Å²) >= 11 is 1.68. The van der Waals surface area contributed by atoms with E-state index in [2.05, 4.69) is 21.7 Å². The van der Waals surface area contributed by atoms with Crippen LogP contribution in [0, 0.1) is 5.92 Å². The van der Waals surface area contributed by atoms with E-state index in [4.69, 9.17) is 5.11 Å². The molecule has 1 aromatic rings. The molecule has 2 rings (SSSR count). The first-order valence-electron chi connectivity index (χ1n) is 6.33. The van der Waals surface area contributed by atoms with Crippen LogP contribution in [0.25, 0.3) is 0 Å². The van der Waals surface area contributed by atoms with Gasteiger partial charge in [-0.15, -0.1) is 0 Å². The van der Waals surface area contributed by atoms with E-state index in [1.807, 2.05) is 0 Å². The fraction of sp³-hybridized carbons (Fsp3) is 0.538. The van der Waals surface area contributed by atoms with E-state index in [1.54, 1.807) is 16.2 Å². The van der Waals surface area contributed by atoms with E-state index in [-0.39, 0.29) is 5.91 Å². The lowest BCUT2D eigenvalue weighted by molar-refractivity contribution is -0.151. The van der Waals surface area contributed by atoms with Crippen molar-refractivity contribution in [1.82, 2.24) is 9.80 Å². The minimum absolute atomic E-state index is 0.275. The summed E-state index contributed by atoms with van der Waals surface area (Å²) in [7, 11) is 0. The predicted octanol–water partition coefficient (Wildman–Crippen LogP) is 1.11. The highest BCUT2D eigenvalue weighted by Crippen LogP contribution is 2.13. The second-order valence-corrected chi connectivity index (χ2v) is 5.57. The second-order valence-electron chi connectivity index (χ2n) is 4.79. The van der Waals surface area contributed by atoms with E-state index < -0.39 is 11.9 Å². The lowest BCUT2D eigenvalue weighted by Crippen LogP contribution is -2.50. The summed E-state index contributed by atoms with van der Waals surface area (Å²) in [4.78, 5) is 26.6. The second kappa shape index (κ2) is 6.16. The Morgan fingerprint density at radius 1 is 1.37 bits per heavy atom. The van der Waals surface area contributed by atoms with Gasteiger partial charge in [0.05, 0.1) is 0 Å². The Morgan fingerprint density at radius 3 is 2.58 bits per heavy atom. The highest BCUT2D eigenvalue weighted by Gasteiger charge is 2.28. The average Bonchev–Trinajstić information content (AvgIpc) is 2.90. The van der Waals surface area contributed by atoms with Gasteiger partial charge in [-0.25, -0.2) is 0 Å². The number of rotatable bonds is 4. The number of piperazine rings is 1. The smallest absolute Gasteiger partial charge is 0.315 e. The number of hydrogen-bond acceptors (Lipinski definition) is 4.